The monoisotopic (exact) mass is 474 g/mol. The third-order valence-corrected chi connectivity index (χ3v) is 6.68. The molecule has 2 amide bonds. The Bertz CT molecular complexity index is 923. The molecule has 0 aromatic heterocycles. The second-order valence-electron chi connectivity index (χ2n) is 8.52. The van der Waals surface area contributed by atoms with Gasteiger partial charge in [-0.2, -0.15) is 0 Å². The van der Waals surface area contributed by atoms with Gasteiger partial charge in [0.05, 0.1) is 13.1 Å². The van der Waals surface area contributed by atoms with Crippen molar-refractivity contribution in [2.75, 3.05) is 39.3 Å². The summed E-state index contributed by atoms with van der Waals surface area (Å²) in [6.07, 6.45) is -0.0351. The van der Waals surface area contributed by atoms with Crippen LogP contribution in [0.5, 0.6) is 5.75 Å². The molecule has 3 unspecified atom stereocenters. The predicted octanol–water partition coefficient (Wildman–Crippen LogP) is -0.406. The minimum Gasteiger partial charge on any atom is -0.488 e. The first kappa shape index (κ1) is 25.4. The van der Waals surface area contributed by atoms with E-state index in [1.54, 1.807) is 29.2 Å². The molecular weight excluding hydrogens is 440 g/mol. The van der Waals surface area contributed by atoms with Crippen molar-refractivity contribution >= 4 is 23.6 Å². The van der Waals surface area contributed by atoms with Gasteiger partial charge >= 0.3 is 5.97 Å². The zero-order chi connectivity index (χ0) is 24.9. The Morgan fingerprint density at radius 2 is 1.76 bits per heavy atom. The van der Waals surface area contributed by atoms with Crippen molar-refractivity contribution in [3.8, 4) is 5.75 Å². The molecule has 6 N–H and O–H groups in total. The maximum absolute atomic E-state index is 13.1. The normalized spacial score (nSPS) is 20.4. The summed E-state index contributed by atoms with van der Waals surface area (Å²) in [5, 5.41) is 24.1. The van der Waals surface area contributed by atoms with E-state index in [0.29, 0.717) is 37.4 Å². The second kappa shape index (κ2) is 10.8. The summed E-state index contributed by atoms with van der Waals surface area (Å²) < 4.78 is 6.37. The maximum Gasteiger partial charge on any atom is 0.329 e. The van der Waals surface area contributed by atoms with Gasteiger partial charge in [-0.3, -0.25) is 15.0 Å². The number of carboxylic acid groups (broad SMARTS) is 1. The molecule has 1 aromatic carbocycles. The number of rotatable bonds is 10. The van der Waals surface area contributed by atoms with Crippen LogP contribution >= 0.6 is 0 Å². The van der Waals surface area contributed by atoms with Gasteiger partial charge in [-0.15, -0.1) is 0 Å². The molecule has 1 aromatic rings. The van der Waals surface area contributed by atoms with Crippen molar-refractivity contribution < 1.29 is 24.2 Å². The fraction of sp³-hybridized carbons (Fsp3) is 0.565. The number of amidine groups is 1. The van der Waals surface area contributed by atoms with Crippen molar-refractivity contribution in [1.82, 2.24) is 20.4 Å². The molecule has 2 fully saturated rings. The van der Waals surface area contributed by atoms with Gasteiger partial charge in [-0.1, -0.05) is 13.8 Å². The summed E-state index contributed by atoms with van der Waals surface area (Å²) in [4.78, 5) is 41.8. The number of carbonyl (C=O) groups excluding carboxylic acids is 2. The molecule has 34 heavy (non-hydrogen) atoms. The summed E-state index contributed by atoms with van der Waals surface area (Å²) in [5.41, 5.74) is 4.78. The van der Waals surface area contributed by atoms with Gasteiger partial charge in [0.1, 0.15) is 23.2 Å². The number of nitrogens with zero attached hydrogens (tertiary/aromatic N) is 2. The van der Waals surface area contributed by atoms with Crippen molar-refractivity contribution in [1.29, 1.82) is 5.41 Å². The average molecular weight is 475 g/mol. The predicted molar refractivity (Wildman–Crippen MR) is 126 cm³/mol. The standard InChI is InChI=1S/C23H34N6O5/c1-3-17(34-16-7-5-15(6-8-16)21(24)25)23(4-2,29-12-10-27-14-19(29)31)20(22(32)33)28-11-9-26-13-18(28)30/h5-8,17,20,26-27H,3-4,9-14H2,1-2H3,(H3,24,25)(H,32,33). The Morgan fingerprint density at radius 1 is 1.15 bits per heavy atom. The van der Waals surface area contributed by atoms with Crippen LogP contribution in [0, 0.1) is 5.41 Å². The fourth-order valence-corrected chi connectivity index (χ4v) is 5.08. The molecule has 2 aliphatic rings. The number of nitrogens with two attached hydrogens (primary N) is 1. The Kier molecular flexibility index (Phi) is 8.11. The minimum atomic E-state index is -1.30. The van der Waals surface area contributed by atoms with E-state index in [1.807, 2.05) is 13.8 Å². The van der Waals surface area contributed by atoms with Crippen molar-refractivity contribution in [3.63, 3.8) is 0 Å². The highest BCUT2D eigenvalue weighted by molar-refractivity contribution is 5.95. The molecule has 2 heterocycles. The summed E-state index contributed by atoms with van der Waals surface area (Å²) in [5.74, 6) is -1.32. The number of hydrogen-bond acceptors (Lipinski definition) is 7. The lowest BCUT2D eigenvalue weighted by molar-refractivity contribution is -0.172. The van der Waals surface area contributed by atoms with Crippen LogP contribution < -0.4 is 21.1 Å². The minimum absolute atomic E-state index is 0.0449. The number of carbonyl (C=O) groups is 3. The third-order valence-electron chi connectivity index (χ3n) is 6.68. The molecule has 0 aliphatic carbocycles. The number of nitrogens with one attached hydrogen (secondary N) is 3. The van der Waals surface area contributed by atoms with Gasteiger partial charge in [0.2, 0.25) is 11.8 Å². The third kappa shape index (κ3) is 4.85. The highest BCUT2D eigenvalue weighted by Crippen LogP contribution is 2.37. The molecule has 0 spiro atoms. The van der Waals surface area contributed by atoms with Crippen LogP contribution in [0.4, 0.5) is 0 Å². The van der Waals surface area contributed by atoms with E-state index < -0.39 is 23.7 Å². The molecule has 11 heteroatoms. The lowest BCUT2D eigenvalue weighted by atomic mass is 9.76. The summed E-state index contributed by atoms with van der Waals surface area (Å²) >= 11 is 0. The lowest BCUT2D eigenvalue weighted by Crippen LogP contribution is -2.76. The van der Waals surface area contributed by atoms with Gasteiger partial charge in [0, 0.05) is 31.7 Å². The number of aliphatic carboxylic acids is 1. The first-order chi connectivity index (χ1) is 16.3. The van der Waals surface area contributed by atoms with E-state index in [1.165, 1.54) is 4.90 Å². The van der Waals surface area contributed by atoms with E-state index in [4.69, 9.17) is 15.9 Å². The largest absolute Gasteiger partial charge is 0.488 e. The Balaban J connectivity index is 2.11. The lowest BCUT2D eigenvalue weighted by Gasteiger charge is -2.54. The van der Waals surface area contributed by atoms with E-state index >= 15 is 0 Å². The smallest absolute Gasteiger partial charge is 0.329 e. The summed E-state index contributed by atoms with van der Waals surface area (Å²) in [6, 6.07) is 5.37. The number of amides is 2. The number of hydrogen-bond donors (Lipinski definition) is 5. The maximum atomic E-state index is 13.1. The zero-order valence-corrected chi connectivity index (χ0v) is 19.7. The van der Waals surface area contributed by atoms with Crippen LogP contribution in [-0.4, -0.2) is 95.5 Å². The van der Waals surface area contributed by atoms with Crippen LogP contribution in [0.2, 0.25) is 0 Å². The highest BCUT2D eigenvalue weighted by atomic mass is 16.5. The van der Waals surface area contributed by atoms with E-state index in [2.05, 4.69) is 10.6 Å². The van der Waals surface area contributed by atoms with Gasteiger partial charge in [0.15, 0.2) is 6.04 Å². The number of nitrogen functional groups attached to an aromatic ring is 1. The Hall–Kier alpha value is -3.18. The number of piperazine rings is 2. The molecule has 3 atom stereocenters. The summed E-state index contributed by atoms with van der Waals surface area (Å²) in [6.45, 7) is 5.36. The first-order valence-corrected chi connectivity index (χ1v) is 11.6. The van der Waals surface area contributed by atoms with Crippen LogP contribution in [-0.2, 0) is 14.4 Å². The molecular formula is C23H34N6O5. The number of benzene rings is 1. The van der Waals surface area contributed by atoms with Crippen LogP contribution in [0.15, 0.2) is 24.3 Å². The molecule has 2 aliphatic heterocycles. The van der Waals surface area contributed by atoms with Crippen LogP contribution in [0.3, 0.4) is 0 Å². The zero-order valence-electron chi connectivity index (χ0n) is 19.7. The SMILES string of the molecule is CCC(Oc1ccc(C(=N)N)cc1)C(CC)(C(C(=O)O)N1CCNCC1=O)N1CCNCC1=O. The van der Waals surface area contributed by atoms with E-state index in [0.717, 1.165) is 0 Å². The van der Waals surface area contributed by atoms with Crippen molar-refractivity contribution in [2.45, 2.75) is 44.4 Å². The Labute approximate surface area is 199 Å². The quantitative estimate of drug-likeness (QED) is 0.226. The molecule has 11 nitrogen and oxygen atoms in total. The van der Waals surface area contributed by atoms with Crippen LogP contribution in [0.1, 0.15) is 32.3 Å². The van der Waals surface area contributed by atoms with E-state index in [-0.39, 0.29) is 43.7 Å². The summed E-state index contributed by atoms with van der Waals surface area (Å²) in [7, 11) is 0. The van der Waals surface area contributed by atoms with E-state index in [9.17, 15) is 19.5 Å². The number of carboxylic acids is 1. The number of ether oxygens (including phenoxy) is 1. The van der Waals surface area contributed by atoms with Crippen LogP contribution in [0.25, 0.3) is 0 Å². The average Bonchev–Trinajstić information content (AvgIpc) is 2.82. The molecule has 186 valence electrons. The first-order valence-electron chi connectivity index (χ1n) is 11.6. The second-order valence-corrected chi connectivity index (χ2v) is 8.52. The van der Waals surface area contributed by atoms with Crippen molar-refractivity contribution in [2.24, 2.45) is 5.73 Å². The van der Waals surface area contributed by atoms with Gasteiger partial charge in [-0.05, 0) is 37.1 Å². The topological polar surface area (TPSA) is 161 Å². The van der Waals surface area contributed by atoms with Crippen molar-refractivity contribution in [3.05, 3.63) is 29.8 Å². The molecule has 0 bridgehead atoms. The molecule has 0 saturated carbocycles. The van der Waals surface area contributed by atoms with Gasteiger partial charge in [-0.25, -0.2) is 4.79 Å². The molecule has 3 rings (SSSR count). The highest BCUT2D eigenvalue weighted by Gasteiger charge is 2.57. The van der Waals surface area contributed by atoms with Gasteiger partial charge in [0.25, 0.3) is 0 Å². The molecule has 0 radical (unpaired) electrons. The Morgan fingerprint density at radius 3 is 2.26 bits per heavy atom. The fourth-order valence-electron chi connectivity index (χ4n) is 5.08. The molecule has 2 saturated heterocycles. The van der Waals surface area contributed by atoms with Gasteiger partial charge < -0.3 is 36.0 Å².